The monoisotopic (exact) mass is 285 g/mol. The van der Waals surface area contributed by atoms with Crippen molar-refractivity contribution in [3.8, 4) is 0 Å². The molecule has 1 aromatic carbocycles. The molecule has 2 unspecified atom stereocenters. The van der Waals surface area contributed by atoms with Crippen LogP contribution < -0.4 is 17.0 Å². The summed E-state index contributed by atoms with van der Waals surface area (Å²) in [6.07, 6.45) is 2.27. The summed E-state index contributed by atoms with van der Waals surface area (Å²) in [5.74, 6) is 6.10. The van der Waals surface area contributed by atoms with Crippen LogP contribution in [0.25, 0.3) is 0 Å². The second-order valence-corrected chi connectivity index (χ2v) is 5.10. The fourth-order valence-electron chi connectivity index (χ4n) is 2.00. The second kappa shape index (κ2) is 6.23. The average molecular weight is 286 g/mol. The molecule has 1 rings (SSSR count). The Labute approximate surface area is 106 Å². The SMILES string of the molecule is CCCC(C)C(NN)c1cc(Br)ccc1N. The fourth-order valence-corrected chi connectivity index (χ4v) is 2.38. The summed E-state index contributed by atoms with van der Waals surface area (Å²) >= 11 is 3.46. The molecule has 0 fully saturated rings. The lowest BCUT2D eigenvalue weighted by Gasteiger charge is -2.24. The number of hydrazine groups is 1. The van der Waals surface area contributed by atoms with Crippen LogP contribution in [0.4, 0.5) is 5.69 Å². The van der Waals surface area contributed by atoms with E-state index in [1.807, 2.05) is 18.2 Å². The molecule has 0 saturated carbocycles. The van der Waals surface area contributed by atoms with Gasteiger partial charge in [-0.1, -0.05) is 36.2 Å². The number of hydrogen-bond acceptors (Lipinski definition) is 3. The van der Waals surface area contributed by atoms with Gasteiger partial charge in [0.2, 0.25) is 0 Å². The molecule has 90 valence electrons. The summed E-state index contributed by atoms with van der Waals surface area (Å²) in [6.45, 7) is 4.36. The number of hydrogen-bond donors (Lipinski definition) is 3. The van der Waals surface area contributed by atoms with E-state index in [2.05, 4.69) is 35.2 Å². The van der Waals surface area contributed by atoms with Crippen molar-refractivity contribution in [3.05, 3.63) is 28.2 Å². The molecule has 0 heterocycles. The molecule has 1 aromatic rings. The normalized spacial score (nSPS) is 14.8. The Morgan fingerprint density at radius 2 is 2.12 bits per heavy atom. The zero-order valence-electron chi connectivity index (χ0n) is 9.83. The number of nitrogen functional groups attached to an aromatic ring is 1. The highest BCUT2D eigenvalue weighted by molar-refractivity contribution is 9.10. The molecule has 2 atom stereocenters. The van der Waals surface area contributed by atoms with E-state index >= 15 is 0 Å². The lowest BCUT2D eigenvalue weighted by atomic mass is 9.90. The molecular weight excluding hydrogens is 266 g/mol. The lowest BCUT2D eigenvalue weighted by molar-refractivity contribution is 0.369. The Morgan fingerprint density at radius 1 is 1.44 bits per heavy atom. The molecule has 0 aliphatic rings. The van der Waals surface area contributed by atoms with Crippen LogP contribution in [0.5, 0.6) is 0 Å². The van der Waals surface area contributed by atoms with Gasteiger partial charge in [-0.05, 0) is 36.1 Å². The molecular formula is C12H20BrN3. The maximum atomic E-state index is 5.98. The fraction of sp³-hybridized carbons (Fsp3) is 0.500. The van der Waals surface area contributed by atoms with Gasteiger partial charge in [0.1, 0.15) is 0 Å². The highest BCUT2D eigenvalue weighted by Gasteiger charge is 2.19. The van der Waals surface area contributed by atoms with Crippen molar-refractivity contribution in [2.45, 2.75) is 32.7 Å². The smallest absolute Gasteiger partial charge is 0.0506 e. The van der Waals surface area contributed by atoms with Crippen LogP contribution in [-0.2, 0) is 0 Å². The van der Waals surface area contributed by atoms with Crippen LogP contribution in [0.2, 0.25) is 0 Å². The predicted molar refractivity (Wildman–Crippen MR) is 72.7 cm³/mol. The van der Waals surface area contributed by atoms with Gasteiger partial charge in [0.25, 0.3) is 0 Å². The molecule has 0 saturated heterocycles. The van der Waals surface area contributed by atoms with E-state index in [-0.39, 0.29) is 6.04 Å². The highest BCUT2D eigenvalue weighted by Crippen LogP contribution is 2.30. The number of benzene rings is 1. The van der Waals surface area contributed by atoms with E-state index in [1.54, 1.807) is 0 Å². The molecule has 0 bridgehead atoms. The summed E-state index contributed by atoms with van der Waals surface area (Å²) in [4.78, 5) is 0. The van der Waals surface area contributed by atoms with E-state index < -0.39 is 0 Å². The Bertz CT molecular complexity index is 341. The van der Waals surface area contributed by atoms with E-state index in [9.17, 15) is 0 Å². The first-order valence-electron chi connectivity index (χ1n) is 5.61. The van der Waals surface area contributed by atoms with Crippen LogP contribution in [-0.4, -0.2) is 0 Å². The molecule has 4 heteroatoms. The van der Waals surface area contributed by atoms with Crippen LogP contribution in [0.1, 0.15) is 38.3 Å². The summed E-state index contributed by atoms with van der Waals surface area (Å²) in [5.41, 5.74) is 10.7. The van der Waals surface area contributed by atoms with Gasteiger partial charge >= 0.3 is 0 Å². The zero-order valence-corrected chi connectivity index (χ0v) is 11.4. The zero-order chi connectivity index (χ0) is 12.1. The molecule has 0 aliphatic carbocycles. The third-order valence-electron chi connectivity index (χ3n) is 2.88. The van der Waals surface area contributed by atoms with Crippen LogP contribution >= 0.6 is 15.9 Å². The van der Waals surface area contributed by atoms with Crippen molar-refractivity contribution in [1.29, 1.82) is 0 Å². The van der Waals surface area contributed by atoms with Crippen molar-refractivity contribution in [2.75, 3.05) is 5.73 Å². The molecule has 0 spiro atoms. The topological polar surface area (TPSA) is 64.1 Å². The summed E-state index contributed by atoms with van der Waals surface area (Å²) in [6, 6.07) is 5.99. The maximum Gasteiger partial charge on any atom is 0.0506 e. The molecule has 3 nitrogen and oxygen atoms in total. The van der Waals surface area contributed by atoms with Gasteiger partial charge < -0.3 is 5.73 Å². The van der Waals surface area contributed by atoms with Gasteiger partial charge in [-0.3, -0.25) is 11.3 Å². The van der Waals surface area contributed by atoms with Gasteiger partial charge in [-0.25, -0.2) is 0 Å². The third-order valence-corrected chi connectivity index (χ3v) is 3.37. The van der Waals surface area contributed by atoms with Crippen LogP contribution in [0.15, 0.2) is 22.7 Å². The lowest BCUT2D eigenvalue weighted by Crippen LogP contribution is -2.33. The standard InChI is InChI=1S/C12H20BrN3/c1-3-4-8(2)12(16-15)10-7-9(13)5-6-11(10)14/h5-8,12,16H,3-4,14-15H2,1-2H3. The van der Waals surface area contributed by atoms with E-state index in [0.29, 0.717) is 5.92 Å². The van der Waals surface area contributed by atoms with Crippen molar-refractivity contribution in [1.82, 2.24) is 5.43 Å². The maximum absolute atomic E-state index is 5.98. The average Bonchev–Trinajstić information content (AvgIpc) is 2.24. The first-order valence-corrected chi connectivity index (χ1v) is 6.40. The first kappa shape index (κ1) is 13.5. The minimum Gasteiger partial charge on any atom is -0.398 e. The van der Waals surface area contributed by atoms with Crippen LogP contribution in [0.3, 0.4) is 0 Å². The van der Waals surface area contributed by atoms with Gasteiger partial charge in [0.15, 0.2) is 0 Å². The van der Waals surface area contributed by atoms with Crippen LogP contribution in [0, 0.1) is 5.92 Å². The Hall–Kier alpha value is -0.580. The molecule has 0 aliphatic heterocycles. The molecule has 5 N–H and O–H groups in total. The number of halogens is 1. The Balaban J connectivity index is 2.98. The minimum absolute atomic E-state index is 0.109. The number of nitrogens with one attached hydrogen (secondary N) is 1. The quantitative estimate of drug-likeness (QED) is 0.443. The van der Waals surface area contributed by atoms with Crippen molar-refractivity contribution in [3.63, 3.8) is 0 Å². The summed E-state index contributed by atoms with van der Waals surface area (Å²) in [5, 5.41) is 0. The molecule has 0 radical (unpaired) electrons. The molecule has 0 aromatic heterocycles. The van der Waals surface area contributed by atoms with Crippen molar-refractivity contribution < 1.29 is 0 Å². The third kappa shape index (κ3) is 3.20. The molecule has 16 heavy (non-hydrogen) atoms. The van der Waals surface area contributed by atoms with E-state index in [4.69, 9.17) is 11.6 Å². The van der Waals surface area contributed by atoms with Crippen molar-refractivity contribution in [2.24, 2.45) is 11.8 Å². The summed E-state index contributed by atoms with van der Waals surface area (Å²) < 4.78 is 1.03. The Morgan fingerprint density at radius 3 is 2.69 bits per heavy atom. The van der Waals surface area contributed by atoms with Crippen molar-refractivity contribution >= 4 is 21.6 Å². The first-order chi connectivity index (χ1) is 7.60. The van der Waals surface area contributed by atoms with Gasteiger partial charge in [-0.2, -0.15) is 0 Å². The Kier molecular flexibility index (Phi) is 5.25. The van der Waals surface area contributed by atoms with E-state index in [1.165, 1.54) is 0 Å². The molecule has 0 amide bonds. The number of rotatable bonds is 5. The largest absolute Gasteiger partial charge is 0.398 e. The van der Waals surface area contributed by atoms with Gasteiger partial charge in [0, 0.05) is 10.2 Å². The number of nitrogens with two attached hydrogens (primary N) is 2. The highest BCUT2D eigenvalue weighted by atomic mass is 79.9. The van der Waals surface area contributed by atoms with Gasteiger partial charge in [0.05, 0.1) is 6.04 Å². The number of anilines is 1. The predicted octanol–water partition coefficient (Wildman–Crippen LogP) is 2.97. The van der Waals surface area contributed by atoms with E-state index in [0.717, 1.165) is 28.6 Å². The van der Waals surface area contributed by atoms with Gasteiger partial charge in [-0.15, -0.1) is 0 Å². The second-order valence-electron chi connectivity index (χ2n) is 4.18. The minimum atomic E-state index is 0.109. The summed E-state index contributed by atoms with van der Waals surface area (Å²) in [7, 11) is 0.